The van der Waals surface area contributed by atoms with Crippen LogP contribution in [0.15, 0.2) is 65.7 Å². The van der Waals surface area contributed by atoms with Gasteiger partial charge >= 0.3 is 0 Å². The van der Waals surface area contributed by atoms with Crippen LogP contribution >= 0.6 is 0 Å². The van der Waals surface area contributed by atoms with E-state index in [1.165, 1.54) is 12.5 Å². The van der Waals surface area contributed by atoms with Crippen LogP contribution in [-0.2, 0) is 4.79 Å². The zero-order valence-corrected chi connectivity index (χ0v) is 11.5. The predicted octanol–water partition coefficient (Wildman–Crippen LogP) is 2.78. The normalized spacial score (nSPS) is 10.7. The maximum atomic E-state index is 11.9. The van der Waals surface area contributed by atoms with Crippen LogP contribution in [0.5, 0.6) is 0 Å². The molecule has 0 bridgehead atoms. The Labute approximate surface area is 126 Å². The summed E-state index contributed by atoms with van der Waals surface area (Å²) in [7, 11) is 0. The number of hydrogen-bond acceptors (Lipinski definition) is 5. The second kappa shape index (κ2) is 6.45. The third-order valence-corrected chi connectivity index (χ3v) is 2.87. The van der Waals surface area contributed by atoms with Crippen molar-refractivity contribution >= 4 is 17.7 Å². The second-order valence-electron chi connectivity index (χ2n) is 4.43. The van der Waals surface area contributed by atoms with Crippen LogP contribution in [0.25, 0.3) is 17.5 Å². The van der Waals surface area contributed by atoms with E-state index in [0.29, 0.717) is 11.6 Å². The van der Waals surface area contributed by atoms with E-state index in [1.54, 1.807) is 30.6 Å². The van der Waals surface area contributed by atoms with Gasteiger partial charge in [-0.05, 0) is 42.0 Å². The summed E-state index contributed by atoms with van der Waals surface area (Å²) in [6, 6.07) is 10.8. The number of benzene rings is 1. The van der Waals surface area contributed by atoms with Crippen molar-refractivity contribution in [3.05, 3.63) is 66.8 Å². The third-order valence-electron chi connectivity index (χ3n) is 2.87. The fraction of sp³-hybridized carbons (Fsp3) is 0. The molecule has 1 N–H and O–H groups in total. The number of amides is 1. The highest BCUT2D eigenvalue weighted by Crippen LogP contribution is 2.20. The summed E-state index contributed by atoms with van der Waals surface area (Å²) in [5, 5.41) is 10.2. The van der Waals surface area contributed by atoms with Crippen molar-refractivity contribution in [2.24, 2.45) is 0 Å². The molecule has 2 heterocycles. The Morgan fingerprint density at radius 1 is 1.18 bits per heavy atom. The summed E-state index contributed by atoms with van der Waals surface area (Å²) in [5.41, 5.74) is 2.30. The van der Waals surface area contributed by atoms with Gasteiger partial charge in [0.25, 0.3) is 0 Å². The van der Waals surface area contributed by atoms with E-state index in [9.17, 15) is 4.79 Å². The topological polar surface area (TPSA) is 80.9 Å². The molecule has 0 fully saturated rings. The van der Waals surface area contributed by atoms with Crippen LogP contribution in [0, 0.1) is 0 Å². The molecule has 0 atom stereocenters. The zero-order chi connectivity index (χ0) is 15.2. The molecule has 0 saturated heterocycles. The molecular weight excluding hydrogens is 280 g/mol. The molecule has 2 aromatic heterocycles. The quantitative estimate of drug-likeness (QED) is 0.748. The molecule has 0 spiro atoms. The number of nitrogens with zero attached hydrogens (tertiary/aromatic N) is 3. The molecule has 3 aromatic rings. The van der Waals surface area contributed by atoms with Crippen molar-refractivity contribution in [3.63, 3.8) is 0 Å². The number of rotatable bonds is 4. The minimum atomic E-state index is -0.223. The number of nitrogens with one attached hydrogen (secondary N) is 1. The lowest BCUT2D eigenvalue weighted by molar-refractivity contribution is -0.111. The van der Waals surface area contributed by atoms with Crippen molar-refractivity contribution < 1.29 is 9.21 Å². The van der Waals surface area contributed by atoms with Crippen molar-refractivity contribution in [1.29, 1.82) is 0 Å². The first-order valence-corrected chi connectivity index (χ1v) is 6.57. The maximum Gasteiger partial charge on any atom is 0.248 e. The van der Waals surface area contributed by atoms with E-state index in [2.05, 4.69) is 20.5 Å². The van der Waals surface area contributed by atoms with Gasteiger partial charge in [0.05, 0.1) is 0 Å². The Bertz CT molecular complexity index is 783. The van der Waals surface area contributed by atoms with Crippen LogP contribution in [0.1, 0.15) is 5.56 Å². The number of aromatic nitrogens is 3. The Hall–Kier alpha value is -3.28. The first-order chi connectivity index (χ1) is 10.8. The second-order valence-corrected chi connectivity index (χ2v) is 4.43. The van der Waals surface area contributed by atoms with Gasteiger partial charge in [-0.25, -0.2) is 0 Å². The Balaban J connectivity index is 1.69. The van der Waals surface area contributed by atoms with E-state index < -0.39 is 0 Å². The lowest BCUT2D eigenvalue weighted by Crippen LogP contribution is -2.07. The highest BCUT2D eigenvalue weighted by Gasteiger charge is 2.05. The third kappa shape index (κ3) is 3.43. The lowest BCUT2D eigenvalue weighted by Gasteiger charge is -2.03. The van der Waals surface area contributed by atoms with E-state index >= 15 is 0 Å². The standard InChI is InChI=1S/C16H12N4O2/c21-15(5-4-12-6-8-17-9-7-12)19-14-3-1-2-13(10-14)16-20-18-11-22-16/h1-11H,(H,19,21)/b5-4+. The molecule has 108 valence electrons. The minimum absolute atomic E-state index is 0.223. The largest absolute Gasteiger partial charge is 0.423 e. The Morgan fingerprint density at radius 2 is 2.05 bits per heavy atom. The highest BCUT2D eigenvalue weighted by molar-refractivity contribution is 6.02. The Kier molecular flexibility index (Phi) is 4.01. The van der Waals surface area contributed by atoms with Crippen molar-refractivity contribution in [1.82, 2.24) is 15.2 Å². The minimum Gasteiger partial charge on any atom is -0.423 e. The van der Waals surface area contributed by atoms with Crippen molar-refractivity contribution in [2.45, 2.75) is 0 Å². The van der Waals surface area contributed by atoms with E-state index in [4.69, 9.17) is 4.42 Å². The molecule has 0 radical (unpaired) electrons. The molecule has 6 heteroatoms. The van der Waals surface area contributed by atoms with Gasteiger partial charge in [0.15, 0.2) is 0 Å². The van der Waals surface area contributed by atoms with Gasteiger partial charge < -0.3 is 9.73 Å². The zero-order valence-electron chi connectivity index (χ0n) is 11.5. The van der Waals surface area contributed by atoms with Gasteiger partial charge in [-0.2, -0.15) is 0 Å². The van der Waals surface area contributed by atoms with Gasteiger partial charge in [-0.15, -0.1) is 10.2 Å². The fourth-order valence-corrected chi connectivity index (χ4v) is 1.86. The van der Waals surface area contributed by atoms with Crippen LogP contribution in [0.3, 0.4) is 0 Å². The van der Waals surface area contributed by atoms with Gasteiger partial charge in [0.2, 0.25) is 18.2 Å². The molecule has 3 rings (SSSR count). The number of carbonyl (C=O) groups excluding carboxylic acids is 1. The van der Waals surface area contributed by atoms with E-state index in [0.717, 1.165) is 11.1 Å². The van der Waals surface area contributed by atoms with Gasteiger partial charge in [-0.3, -0.25) is 9.78 Å². The summed E-state index contributed by atoms with van der Waals surface area (Å²) in [6.07, 6.45) is 7.79. The molecule has 0 aliphatic heterocycles. The molecule has 0 unspecified atom stereocenters. The summed E-state index contributed by atoms with van der Waals surface area (Å²) < 4.78 is 5.13. The van der Waals surface area contributed by atoms with Crippen LogP contribution in [0.4, 0.5) is 5.69 Å². The van der Waals surface area contributed by atoms with Crippen molar-refractivity contribution in [2.75, 3.05) is 5.32 Å². The summed E-state index contributed by atoms with van der Waals surface area (Å²) in [4.78, 5) is 15.8. The molecule has 6 nitrogen and oxygen atoms in total. The van der Waals surface area contributed by atoms with Gasteiger partial charge in [-0.1, -0.05) is 6.07 Å². The molecule has 0 saturated carbocycles. The molecule has 0 aliphatic rings. The monoisotopic (exact) mass is 292 g/mol. The first kappa shape index (κ1) is 13.7. The Morgan fingerprint density at radius 3 is 2.82 bits per heavy atom. The smallest absolute Gasteiger partial charge is 0.248 e. The number of carbonyl (C=O) groups is 1. The molecule has 22 heavy (non-hydrogen) atoms. The van der Waals surface area contributed by atoms with Crippen LogP contribution < -0.4 is 5.32 Å². The summed E-state index contributed by atoms with van der Waals surface area (Å²) >= 11 is 0. The predicted molar refractivity (Wildman–Crippen MR) is 81.6 cm³/mol. The van der Waals surface area contributed by atoms with Crippen molar-refractivity contribution in [3.8, 4) is 11.5 Å². The molecule has 0 aliphatic carbocycles. The van der Waals surface area contributed by atoms with E-state index in [1.807, 2.05) is 24.3 Å². The summed E-state index contributed by atoms with van der Waals surface area (Å²) in [6.45, 7) is 0. The first-order valence-electron chi connectivity index (χ1n) is 6.57. The average Bonchev–Trinajstić information content (AvgIpc) is 3.09. The molecular formula is C16H12N4O2. The number of anilines is 1. The summed E-state index contributed by atoms with van der Waals surface area (Å²) in [5.74, 6) is 0.183. The molecule has 1 amide bonds. The fourth-order valence-electron chi connectivity index (χ4n) is 1.86. The molecule has 1 aromatic carbocycles. The highest BCUT2D eigenvalue weighted by atomic mass is 16.4. The van der Waals surface area contributed by atoms with Gasteiger partial charge in [0, 0.05) is 29.7 Å². The van der Waals surface area contributed by atoms with Crippen LogP contribution in [0.2, 0.25) is 0 Å². The van der Waals surface area contributed by atoms with E-state index in [-0.39, 0.29) is 5.91 Å². The maximum absolute atomic E-state index is 11.9. The average molecular weight is 292 g/mol. The number of hydrogen-bond donors (Lipinski definition) is 1. The van der Waals surface area contributed by atoms with Gasteiger partial charge in [0.1, 0.15) is 0 Å². The van der Waals surface area contributed by atoms with Crippen LogP contribution in [-0.4, -0.2) is 21.1 Å². The number of pyridine rings is 1. The SMILES string of the molecule is O=C(/C=C/c1ccncc1)Nc1cccc(-c2nnco2)c1. The lowest BCUT2D eigenvalue weighted by atomic mass is 10.2.